The van der Waals surface area contributed by atoms with E-state index in [1.165, 1.54) is 10.4 Å². The molecule has 204 valence electrons. The van der Waals surface area contributed by atoms with Crippen LogP contribution in [-0.4, -0.2) is 56.2 Å². The third-order valence-electron chi connectivity index (χ3n) is 7.70. The average molecular weight is 549 g/mol. The number of rotatable bonds is 8. The molecule has 1 aliphatic heterocycles. The van der Waals surface area contributed by atoms with Gasteiger partial charge in [0.1, 0.15) is 23.5 Å². The summed E-state index contributed by atoms with van der Waals surface area (Å²) in [6.45, 7) is 11.2. The fraction of sp³-hybridized carbons (Fsp3) is 0.607. The maximum absolute atomic E-state index is 13.4. The first-order valence-electron chi connectivity index (χ1n) is 13.1. The highest BCUT2D eigenvalue weighted by Gasteiger charge is 2.35. The van der Waals surface area contributed by atoms with Gasteiger partial charge < -0.3 is 20.5 Å². The molecule has 7 nitrogen and oxygen atoms in total. The van der Waals surface area contributed by atoms with Crippen molar-refractivity contribution >= 4 is 32.1 Å². The molecular formula is C28H40N2O5S2. The van der Waals surface area contributed by atoms with Crippen molar-refractivity contribution < 1.29 is 23.1 Å². The summed E-state index contributed by atoms with van der Waals surface area (Å²) in [6.07, 6.45) is 2.43. The number of ether oxygens (including phenoxy) is 1. The van der Waals surface area contributed by atoms with Crippen LogP contribution in [0.5, 0.6) is 5.75 Å². The Bertz CT molecular complexity index is 1250. The molecule has 3 N–H and O–H groups in total. The van der Waals surface area contributed by atoms with E-state index >= 15 is 0 Å². The Morgan fingerprint density at radius 3 is 2.62 bits per heavy atom. The van der Waals surface area contributed by atoms with Crippen LogP contribution in [0.2, 0.25) is 0 Å². The Hall–Kier alpha value is -2.10. The van der Waals surface area contributed by atoms with Crippen LogP contribution in [0.4, 0.5) is 5.00 Å². The molecule has 0 bridgehead atoms. The number of amides is 1. The molecule has 1 aliphatic carbocycles. The van der Waals surface area contributed by atoms with Crippen molar-refractivity contribution in [1.82, 2.24) is 5.32 Å². The second kappa shape index (κ2) is 10.9. The van der Waals surface area contributed by atoms with Crippen LogP contribution in [-0.2, 0) is 22.7 Å². The van der Waals surface area contributed by atoms with Crippen molar-refractivity contribution in [1.29, 1.82) is 0 Å². The van der Waals surface area contributed by atoms with Gasteiger partial charge >= 0.3 is 0 Å². The molecule has 0 spiro atoms. The lowest BCUT2D eigenvalue weighted by Crippen LogP contribution is -2.36. The number of carbonyl (C=O) groups is 1. The van der Waals surface area contributed by atoms with Crippen LogP contribution in [0, 0.1) is 25.2 Å². The highest BCUT2D eigenvalue weighted by molar-refractivity contribution is 7.91. The molecule has 4 rings (SSSR count). The number of benzene rings is 1. The van der Waals surface area contributed by atoms with Gasteiger partial charge in [0.05, 0.1) is 17.1 Å². The molecule has 1 fully saturated rings. The van der Waals surface area contributed by atoms with Gasteiger partial charge in [-0.3, -0.25) is 4.79 Å². The third kappa shape index (κ3) is 6.86. The van der Waals surface area contributed by atoms with Gasteiger partial charge in [0.2, 0.25) is 0 Å². The lowest BCUT2D eigenvalue weighted by Gasteiger charge is -2.33. The summed E-state index contributed by atoms with van der Waals surface area (Å²) in [5, 5.41) is 17.6. The van der Waals surface area contributed by atoms with Gasteiger partial charge in [0.15, 0.2) is 9.84 Å². The Kier molecular flexibility index (Phi) is 8.26. The summed E-state index contributed by atoms with van der Waals surface area (Å²) >= 11 is 1.59. The molecule has 1 aromatic carbocycles. The minimum atomic E-state index is -3.09. The highest BCUT2D eigenvalue weighted by atomic mass is 32.2. The Morgan fingerprint density at radius 1 is 1.22 bits per heavy atom. The van der Waals surface area contributed by atoms with Crippen molar-refractivity contribution in [2.75, 3.05) is 30.0 Å². The zero-order chi connectivity index (χ0) is 27.0. The number of hydrogen-bond acceptors (Lipinski definition) is 7. The van der Waals surface area contributed by atoms with Crippen LogP contribution in [0.1, 0.15) is 65.5 Å². The SMILES string of the molecule is Cc1ccc(OCC(O)CNc2sc3c(c2C(=O)NC2CCS(=O)(=O)C2)CCC(C(C)(C)C)C3)cc1C. The largest absolute Gasteiger partial charge is 0.491 e. The van der Waals surface area contributed by atoms with Crippen molar-refractivity contribution in [2.24, 2.45) is 11.3 Å². The first-order chi connectivity index (χ1) is 17.3. The molecule has 3 unspecified atom stereocenters. The summed E-state index contributed by atoms with van der Waals surface area (Å²) in [7, 11) is -3.09. The molecule has 2 aliphatic rings. The smallest absolute Gasteiger partial charge is 0.254 e. The molecular weight excluding hydrogens is 508 g/mol. The van der Waals surface area contributed by atoms with Gasteiger partial charge in [-0.15, -0.1) is 11.3 Å². The lowest BCUT2D eigenvalue weighted by atomic mass is 9.72. The van der Waals surface area contributed by atoms with Crippen molar-refractivity contribution in [3.05, 3.63) is 45.3 Å². The van der Waals surface area contributed by atoms with E-state index in [2.05, 4.69) is 31.4 Å². The second-order valence-corrected chi connectivity index (χ2v) is 15.0. The zero-order valence-corrected chi connectivity index (χ0v) is 24.2. The van der Waals surface area contributed by atoms with E-state index in [-0.39, 0.29) is 42.0 Å². The van der Waals surface area contributed by atoms with Crippen LogP contribution < -0.4 is 15.4 Å². The highest BCUT2D eigenvalue weighted by Crippen LogP contribution is 2.44. The van der Waals surface area contributed by atoms with Crippen LogP contribution in [0.15, 0.2) is 18.2 Å². The van der Waals surface area contributed by atoms with E-state index in [9.17, 15) is 18.3 Å². The molecule has 1 aromatic heterocycles. The monoisotopic (exact) mass is 548 g/mol. The number of sulfone groups is 1. The predicted octanol–water partition coefficient (Wildman–Crippen LogP) is 4.28. The maximum atomic E-state index is 13.4. The van der Waals surface area contributed by atoms with E-state index in [4.69, 9.17) is 4.74 Å². The molecule has 2 heterocycles. The summed E-state index contributed by atoms with van der Waals surface area (Å²) in [5.74, 6) is 1.13. The fourth-order valence-corrected chi connectivity index (χ4v) is 8.13. The average Bonchev–Trinajstić information content (AvgIpc) is 3.36. The van der Waals surface area contributed by atoms with Crippen molar-refractivity contribution in [2.45, 2.75) is 72.4 Å². The molecule has 2 aromatic rings. The van der Waals surface area contributed by atoms with E-state index in [0.717, 1.165) is 35.4 Å². The van der Waals surface area contributed by atoms with Gasteiger partial charge in [-0.2, -0.15) is 0 Å². The minimum absolute atomic E-state index is 0.00549. The fourth-order valence-electron chi connectivity index (χ4n) is 5.12. The topological polar surface area (TPSA) is 105 Å². The zero-order valence-electron chi connectivity index (χ0n) is 22.5. The number of aliphatic hydroxyl groups excluding tert-OH is 1. The number of anilines is 1. The number of aryl methyl sites for hydroxylation is 2. The number of thiophene rings is 1. The Balaban J connectivity index is 1.47. The molecule has 9 heteroatoms. The molecule has 3 atom stereocenters. The van der Waals surface area contributed by atoms with E-state index < -0.39 is 15.9 Å². The normalized spacial score (nSPS) is 21.8. The number of fused-ring (bicyclic) bond motifs is 1. The van der Waals surface area contributed by atoms with Crippen molar-refractivity contribution in [3.8, 4) is 5.75 Å². The molecule has 1 amide bonds. The predicted molar refractivity (Wildman–Crippen MR) is 150 cm³/mol. The minimum Gasteiger partial charge on any atom is -0.491 e. The standard InChI is InChI=1S/C28H40N2O5S2/c1-17-6-8-22(12-18(17)2)35-15-21(31)14-29-27-25(26(32)30-20-10-11-37(33,34)16-20)23-9-7-19(28(3,4)5)13-24(23)36-27/h6,8,12,19-21,29,31H,7,9-11,13-16H2,1-5H3,(H,30,32). The molecule has 0 saturated carbocycles. The summed E-state index contributed by atoms with van der Waals surface area (Å²) in [5.41, 5.74) is 4.17. The first-order valence-corrected chi connectivity index (χ1v) is 15.7. The summed E-state index contributed by atoms with van der Waals surface area (Å²) in [6, 6.07) is 5.49. The maximum Gasteiger partial charge on any atom is 0.254 e. The van der Waals surface area contributed by atoms with E-state index in [1.807, 2.05) is 32.0 Å². The number of hydrogen-bond donors (Lipinski definition) is 3. The third-order valence-corrected chi connectivity index (χ3v) is 10.7. The second-order valence-electron chi connectivity index (χ2n) is 11.7. The molecule has 1 saturated heterocycles. The molecule has 37 heavy (non-hydrogen) atoms. The van der Waals surface area contributed by atoms with Gasteiger partial charge in [0, 0.05) is 17.5 Å². The Labute approximate surface area is 224 Å². The summed E-state index contributed by atoms with van der Waals surface area (Å²) < 4.78 is 29.6. The van der Waals surface area contributed by atoms with E-state index in [0.29, 0.717) is 23.7 Å². The Morgan fingerprint density at radius 2 is 1.97 bits per heavy atom. The quantitative estimate of drug-likeness (QED) is 0.455. The lowest BCUT2D eigenvalue weighted by molar-refractivity contribution is 0.0940. The van der Waals surface area contributed by atoms with Crippen LogP contribution >= 0.6 is 11.3 Å². The van der Waals surface area contributed by atoms with Gasteiger partial charge in [-0.1, -0.05) is 26.8 Å². The van der Waals surface area contributed by atoms with Gasteiger partial charge in [-0.25, -0.2) is 8.42 Å². The molecule has 0 radical (unpaired) electrons. The van der Waals surface area contributed by atoms with Gasteiger partial charge in [0.25, 0.3) is 5.91 Å². The number of nitrogens with one attached hydrogen (secondary N) is 2. The summed E-state index contributed by atoms with van der Waals surface area (Å²) in [4.78, 5) is 14.6. The van der Waals surface area contributed by atoms with Gasteiger partial charge in [-0.05, 0) is 79.7 Å². The number of carbonyl (C=O) groups excluding carboxylic acids is 1. The van der Waals surface area contributed by atoms with E-state index in [1.54, 1.807) is 11.3 Å². The van der Waals surface area contributed by atoms with Crippen LogP contribution in [0.25, 0.3) is 0 Å². The van der Waals surface area contributed by atoms with Crippen molar-refractivity contribution in [3.63, 3.8) is 0 Å². The number of aliphatic hydroxyl groups is 1. The first kappa shape index (κ1) is 27.9. The van der Waals surface area contributed by atoms with Crippen LogP contribution in [0.3, 0.4) is 0 Å².